The molecule has 1 saturated heterocycles. The van der Waals surface area contributed by atoms with Gasteiger partial charge in [0.1, 0.15) is 5.69 Å². The molecule has 1 aromatic heterocycles. The van der Waals surface area contributed by atoms with Crippen LogP contribution in [0.2, 0.25) is 0 Å². The summed E-state index contributed by atoms with van der Waals surface area (Å²) in [5, 5.41) is 3.81. The predicted molar refractivity (Wildman–Crippen MR) is 117 cm³/mol. The van der Waals surface area contributed by atoms with Crippen molar-refractivity contribution >= 4 is 34.1 Å². The van der Waals surface area contributed by atoms with Crippen LogP contribution in [0.3, 0.4) is 0 Å². The van der Waals surface area contributed by atoms with E-state index in [1.54, 1.807) is 13.1 Å². The van der Waals surface area contributed by atoms with Crippen LogP contribution in [0.1, 0.15) is 10.5 Å². The molecule has 0 saturated carbocycles. The fourth-order valence-electron chi connectivity index (χ4n) is 3.45. The third-order valence-electron chi connectivity index (χ3n) is 5.07. The van der Waals surface area contributed by atoms with Gasteiger partial charge in [-0.25, -0.2) is 4.98 Å². The van der Waals surface area contributed by atoms with Crippen molar-refractivity contribution in [1.29, 1.82) is 0 Å². The summed E-state index contributed by atoms with van der Waals surface area (Å²) < 4.78 is 5.37. The van der Waals surface area contributed by atoms with Crippen LogP contribution in [0, 0.1) is 0 Å². The Morgan fingerprint density at radius 3 is 2.53 bits per heavy atom. The minimum atomic E-state index is -0.293. The number of carbonyl (C=O) groups is 2. The number of nitrogens with zero attached hydrogens (tertiary/aromatic N) is 3. The number of fused-ring (bicyclic) bond motifs is 1. The molecule has 30 heavy (non-hydrogen) atoms. The lowest BCUT2D eigenvalue weighted by Gasteiger charge is -2.28. The van der Waals surface area contributed by atoms with E-state index in [0.29, 0.717) is 11.4 Å². The Labute approximate surface area is 175 Å². The third kappa shape index (κ3) is 4.58. The highest BCUT2D eigenvalue weighted by molar-refractivity contribution is 5.99. The highest BCUT2D eigenvalue weighted by atomic mass is 16.5. The summed E-state index contributed by atoms with van der Waals surface area (Å²) in [5.74, 6) is -0.552. The van der Waals surface area contributed by atoms with Gasteiger partial charge >= 0.3 is 0 Å². The van der Waals surface area contributed by atoms with Crippen LogP contribution >= 0.6 is 0 Å². The van der Waals surface area contributed by atoms with Crippen LogP contribution in [0.5, 0.6) is 0 Å². The summed E-state index contributed by atoms with van der Waals surface area (Å²) in [6, 6.07) is 18.9. The molecule has 2 amide bonds. The van der Waals surface area contributed by atoms with Crippen molar-refractivity contribution in [2.75, 3.05) is 50.1 Å². The van der Waals surface area contributed by atoms with Crippen LogP contribution < -0.4 is 10.2 Å². The molecule has 0 radical (unpaired) electrons. The lowest BCUT2D eigenvalue weighted by molar-refractivity contribution is -0.116. The van der Waals surface area contributed by atoms with E-state index in [2.05, 4.69) is 15.2 Å². The average molecular weight is 404 g/mol. The zero-order valence-corrected chi connectivity index (χ0v) is 16.9. The number of ether oxygens (including phenoxy) is 1. The molecule has 3 aromatic rings. The van der Waals surface area contributed by atoms with Gasteiger partial charge in [0.2, 0.25) is 5.91 Å². The van der Waals surface area contributed by atoms with Crippen molar-refractivity contribution in [3.05, 3.63) is 66.4 Å². The summed E-state index contributed by atoms with van der Waals surface area (Å²) in [6.07, 6.45) is 0. The van der Waals surface area contributed by atoms with Gasteiger partial charge in [-0.3, -0.25) is 9.59 Å². The lowest BCUT2D eigenvalue weighted by Crippen LogP contribution is -2.36. The molecule has 2 aromatic carbocycles. The number of nitrogens with one attached hydrogen (secondary N) is 1. The summed E-state index contributed by atoms with van der Waals surface area (Å²) in [7, 11) is 1.60. The Morgan fingerprint density at radius 1 is 1.03 bits per heavy atom. The summed E-state index contributed by atoms with van der Waals surface area (Å²) in [6.45, 7) is 3.12. The van der Waals surface area contributed by atoms with Gasteiger partial charge in [-0.05, 0) is 36.4 Å². The maximum Gasteiger partial charge on any atom is 0.272 e. The van der Waals surface area contributed by atoms with Crippen LogP contribution in [0.15, 0.2) is 60.7 Å². The van der Waals surface area contributed by atoms with Crippen LogP contribution in [0.4, 0.5) is 11.4 Å². The van der Waals surface area contributed by atoms with Gasteiger partial charge in [-0.15, -0.1) is 0 Å². The minimum absolute atomic E-state index is 0.0570. The van der Waals surface area contributed by atoms with E-state index in [4.69, 9.17) is 4.74 Å². The SMILES string of the molecule is CN(CC(=O)Nc1ccc(N2CCOCC2)cc1)C(=O)c1ccc2ccccc2n1. The average Bonchev–Trinajstić information content (AvgIpc) is 2.79. The van der Waals surface area contributed by atoms with E-state index in [9.17, 15) is 9.59 Å². The molecule has 0 atom stereocenters. The van der Waals surface area contributed by atoms with Gasteiger partial charge in [0, 0.05) is 36.9 Å². The van der Waals surface area contributed by atoms with E-state index >= 15 is 0 Å². The standard InChI is InChI=1S/C23H24N4O3/c1-26(23(29)21-11-6-17-4-2-3-5-20(17)25-21)16-22(28)24-18-7-9-19(10-8-18)27-12-14-30-15-13-27/h2-11H,12-16H2,1H3,(H,24,28). The van der Waals surface area contributed by atoms with E-state index in [1.165, 1.54) is 4.90 Å². The number of anilines is 2. The van der Waals surface area contributed by atoms with Gasteiger partial charge in [0.25, 0.3) is 5.91 Å². The van der Waals surface area contributed by atoms with E-state index in [-0.39, 0.29) is 18.4 Å². The zero-order valence-electron chi connectivity index (χ0n) is 16.9. The maximum atomic E-state index is 12.7. The number of aromatic nitrogens is 1. The Kier molecular flexibility index (Phi) is 5.90. The van der Waals surface area contributed by atoms with Gasteiger partial charge < -0.3 is 19.9 Å². The first-order valence-electron chi connectivity index (χ1n) is 9.94. The second-order valence-corrected chi connectivity index (χ2v) is 7.24. The largest absolute Gasteiger partial charge is 0.378 e. The smallest absolute Gasteiger partial charge is 0.272 e. The summed E-state index contributed by atoms with van der Waals surface area (Å²) in [4.78, 5) is 33.1. The number of carbonyl (C=O) groups excluding carboxylic acids is 2. The molecule has 1 aliphatic rings. The van der Waals surface area contributed by atoms with Crippen molar-refractivity contribution in [3.63, 3.8) is 0 Å². The predicted octanol–water partition coefficient (Wildman–Crippen LogP) is 2.78. The van der Waals surface area contributed by atoms with E-state index in [1.807, 2.05) is 54.6 Å². The monoisotopic (exact) mass is 404 g/mol. The molecule has 154 valence electrons. The number of hydrogen-bond donors (Lipinski definition) is 1. The molecule has 0 bridgehead atoms. The van der Waals surface area contributed by atoms with Crippen molar-refractivity contribution < 1.29 is 14.3 Å². The van der Waals surface area contributed by atoms with E-state index < -0.39 is 0 Å². The Morgan fingerprint density at radius 2 is 1.77 bits per heavy atom. The number of pyridine rings is 1. The minimum Gasteiger partial charge on any atom is -0.378 e. The Bertz CT molecular complexity index is 1050. The number of para-hydroxylation sites is 1. The van der Waals surface area contributed by atoms with Gasteiger partial charge in [0.05, 0.1) is 25.3 Å². The van der Waals surface area contributed by atoms with Crippen molar-refractivity contribution in [3.8, 4) is 0 Å². The molecule has 7 heteroatoms. The van der Waals surface area contributed by atoms with Crippen LogP contribution in [-0.2, 0) is 9.53 Å². The molecular formula is C23H24N4O3. The Hall–Kier alpha value is -3.45. The molecule has 7 nitrogen and oxygen atoms in total. The number of benzene rings is 2. The quantitative estimate of drug-likeness (QED) is 0.708. The maximum absolute atomic E-state index is 12.7. The third-order valence-corrected chi connectivity index (χ3v) is 5.07. The van der Waals surface area contributed by atoms with Crippen LogP contribution in [0.25, 0.3) is 10.9 Å². The van der Waals surface area contributed by atoms with Crippen molar-refractivity contribution in [2.45, 2.75) is 0 Å². The first kappa shape index (κ1) is 19.8. The Balaban J connectivity index is 1.35. The summed E-state index contributed by atoms with van der Waals surface area (Å²) in [5.41, 5.74) is 2.87. The second-order valence-electron chi connectivity index (χ2n) is 7.24. The fourth-order valence-corrected chi connectivity index (χ4v) is 3.45. The van der Waals surface area contributed by atoms with Crippen molar-refractivity contribution in [2.24, 2.45) is 0 Å². The summed E-state index contributed by atoms with van der Waals surface area (Å²) >= 11 is 0. The van der Waals surface area contributed by atoms with Gasteiger partial charge in [0.15, 0.2) is 0 Å². The molecule has 0 spiro atoms. The lowest BCUT2D eigenvalue weighted by atomic mass is 10.2. The molecule has 0 unspecified atom stereocenters. The first-order valence-corrected chi connectivity index (χ1v) is 9.94. The highest BCUT2D eigenvalue weighted by Crippen LogP contribution is 2.19. The number of amides is 2. The first-order chi connectivity index (χ1) is 14.6. The fraction of sp³-hybridized carbons (Fsp3) is 0.261. The topological polar surface area (TPSA) is 74.8 Å². The number of likely N-dealkylation sites (N-methyl/N-ethyl adjacent to an activating group) is 1. The molecule has 0 aliphatic carbocycles. The molecule has 1 N–H and O–H groups in total. The molecular weight excluding hydrogens is 380 g/mol. The zero-order chi connectivity index (χ0) is 20.9. The van der Waals surface area contributed by atoms with Gasteiger partial charge in [-0.2, -0.15) is 0 Å². The molecule has 1 aliphatic heterocycles. The molecule has 2 heterocycles. The highest BCUT2D eigenvalue weighted by Gasteiger charge is 2.17. The van der Waals surface area contributed by atoms with Crippen LogP contribution in [-0.4, -0.2) is 61.6 Å². The number of hydrogen-bond acceptors (Lipinski definition) is 5. The molecule has 4 rings (SSSR count). The van der Waals surface area contributed by atoms with E-state index in [0.717, 1.165) is 42.9 Å². The number of morpholine rings is 1. The normalized spacial score (nSPS) is 13.8. The second kappa shape index (κ2) is 8.92. The number of rotatable bonds is 5. The molecule has 1 fully saturated rings. The van der Waals surface area contributed by atoms with Crippen molar-refractivity contribution in [1.82, 2.24) is 9.88 Å². The van der Waals surface area contributed by atoms with Gasteiger partial charge in [-0.1, -0.05) is 24.3 Å².